The summed E-state index contributed by atoms with van der Waals surface area (Å²) in [6, 6.07) is 7.18. The molecule has 2 rings (SSSR count). The molecule has 1 aliphatic carbocycles. The zero-order valence-corrected chi connectivity index (χ0v) is 13.6. The lowest BCUT2D eigenvalue weighted by Gasteiger charge is -2.34. The molecule has 126 valence electrons. The van der Waals surface area contributed by atoms with Gasteiger partial charge in [0.25, 0.3) is 0 Å². The Balaban J connectivity index is 2.00. The molecule has 6 nitrogen and oxygen atoms in total. The van der Waals surface area contributed by atoms with Gasteiger partial charge < -0.3 is 19.9 Å². The number of benzene rings is 1. The largest absolute Gasteiger partial charge is 0.497 e. The van der Waals surface area contributed by atoms with Crippen LogP contribution in [0.4, 0.5) is 0 Å². The molecule has 0 aliphatic heterocycles. The summed E-state index contributed by atoms with van der Waals surface area (Å²) in [5.41, 5.74) is 0.921. The van der Waals surface area contributed by atoms with Crippen LogP contribution in [0.25, 0.3) is 0 Å². The number of carbonyl (C=O) groups is 2. The fourth-order valence-corrected chi connectivity index (χ4v) is 2.94. The molecule has 2 N–H and O–H groups in total. The molecule has 23 heavy (non-hydrogen) atoms. The normalized spacial score (nSPS) is 22.6. The quantitative estimate of drug-likeness (QED) is 0.802. The molecular formula is C17H23NO5. The van der Waals surface area contributed by atoms with Gasteiger partial charge in [0, 0.05) is 7.11 Å². The first-order chi connectivity index (χ1) is 11.0. The third-order valence-corrected chi connectivity index (χ3v) is 4.45. The minimum absolute atomic E-state index is 0.216. The number of carboxylic acid groups (broad SMARTS) is 1. The molecule has 1 aromatic rings. The molecular weight excluding hydrogens is 298 g/mol. The summed E-state index contributed by atoms with van der Waals surface area (Å²) in [5.74, 6) is -1.37. The van der Waals surface area contributed by atoms with Gasteiger partial charge in [0.05, 0.1) is 25.0 Å². The molecule has 1 aliphatic rings. The van der Waals surface area contributed by atoms with E-state index in [0.29, 0.717) is 12.8 Å². The number of hydrogen-bond acceptors (Lipinski definition) is 4. The van der Waals surface area contributed by atoms with Gasteiger partial charge in [-0.1, -0.05) is 12.1 Å². The van der Waals surface area contributed by atoms with Crippen molar-refractivity contribution in [2.24, 2.45) is 11.8 Å². The Morgan fingerprint density at radius 1 is 1.17 bits per heavy atom. The van der Waals surface area contributed by atoms with E-state index in [2.05, 4.69) is 5.32 Å². The summed E-state index contributed by atoms with van der Waals surface area (Å²) in [6.07, 6.45) is 0.872. The zero-order chi connectivity index (χ0) is 17.0. The molecule has 0 spiro atoms. The Morgan fingerprint density at radius 3 is 2.22 bits per heavy atom. The van der Waals surface area contributed by atoms with E-state index in [1.54, 1.807) is 14.2 Å². The monoisotopic (exact) mass is 321 g/mol. The molecule has 1 amide bonds. The summed E-state index contributed by atoms with van der Waals surface area (Å²) < 4.78 is 10.6. The van der Waals surface area contributed by atoms with Gasteiger partial charge in [-0.3, -0.25) is 9.59 Å². The third kappa shape index (κ3) is 3.82. The van der Waals surface area contributed by atoms with Crippen LogP contribution in [-0.4, -0.2) is 37.2 Å². The van der Waals surface area contributed by atoms with E-state index < -0.39 is 17.8 Å². The average Bonchev–Trinajstić information content (AvgIpc) is 2.46. The van der Waals surface area contributed by atoms with Gasteiger partial charge in [-0.05, 0) is 37.5 Å². The van der Waals surface area contributed by atoms with E-state index in [9.17, 15) is 9.59 Å². The SMILES string of the molecule is COc1ccc(C(OC)C(C)NC(=O)C2CCC2C(=O)O)cc1. The van der Waals surface area contributed by atoms with Gasteiger partial charge in [0.15, 0.2) is 0 Å². The van der Waals surface area contributed by atoms with Gasteiger partial charge in [0.2, 0.25) is 5.91 Å². The molecule has 4 atom stereocenters. The molecule has 1 saturated carbocycles. The van der Waals surface area contributed by atoms with Crippen molar-refractivity contribution in [3.05, 3.63) is 29.8 Å². The Kier molecular flexibility index (Phi) is 5.60. The standard InChI is InChI=1S/C17H23NO5/c1-10(18-16(19)13-8-9-14(13)17(20)21)15(23-3)11-4-6-12(22-2)7-5-11/h4-7,10,13-15H,8-9H2,1-3H3,(H,18,19)(H,20,21). The number of aliphatic carboxylic acids is 1. The first-order valence-corrected chi connectivity index (χ1v) is 7.67. The zero-order valence-electron chi connectivity index (χ0n) is 13.6. The van der Waals surface area contributed by atoms with Crippen molar-refractivity contribution in [1.82, 2.24) is 5.32 Å². The van der Waals surface area contributed by atoms with Crippen LogP contribution in [0.5, 0.6) is 5.75 Å². The number of carboxylic acids is 1. The van der Waals surface area contributed by atoms with Crippen molar-refractivity contribution in [3.63, 3.8) is 0 Å². The Labute approximate surface area is 135 Å². The van der Waals surface area contributed by atoms with Crippen LogP contribution in [-0.2, 0) is 14.3 Å². The van der Waals surface area contributed by atoms with E-state index in [1.807, 2.05) is 31.2 Å². The van der Waals surface area contributed by atoms with Crippen LogP contribution in [0.2, 0.25) is 0 Å². The number of carbonyl (C=O) groups excluding carboxylic acids is 1. The van der Waals surface area contributed by atoms with Gasteiger partial charge in [-0.25, -0.2) is 0 Å². The average molecular weight is 321 g/mol. The Morgan fingerprint density at radius 2 is 1.78 bits per heavy atom. The van der Waals surface area contributed by atoms with Crippen molar-refractivity contribution in [2.45, 2.75) is 31.9 Å². The summed E-state index contributed by atoms with van der Waals surface area (Å²) in [4.78, 5) is 23.3. The molecule has 0 saturated heterocycles. The molecule has 0 radical (unpaired) electrons. The van der Waals surface area contributed by atoms with E-state index in [4.69, 9.17) is 14.6 Å². The molecule has 6 heteroatoms. The van der Waals surface area contributed by atoms with E-state index >= 15 is 0 Å². The van der Waals surface area contributed by atoms with Gasteiger partial charge in [-0.15, -0.1) is 0 Å². The number of amides is 1. The van der Waals surface area contributed by atoms with E-state index in [-0.39, 0.29) is 18.1 Å². The number of methoxy groups -OCH3 is 2. The van der Waals surface area contributed by atoms with Crippen LogP contribution < -0.4 is 10.1 Å². The second-order valence-electron chi connectivity index (χ2n) is 5.86. The maximum atomic E-state index is 12.3. The highest BCUT2D eigenvalue weighted by molar-refractivity contribution is 5.86. The van der Waals surface area contributed by atoms with E-state index in [0.717, 1.165) is 11.3 Å². The van der Waals surface area contributed by atoms with E-state index in [1.165, 1.54) is 0 Å². The summed E-state index contributed by atoms with van der Waals surface area (Å²) in [6.45, 7) is 1.85. The van der Waals surface area contributed by atoms with Crippen molar-refractivity contribution in [2.75, 3.05) is 14.2 Å². The van der Waals surface area contributed by atoms with Crippen molar-refractivity contribution < 1.29 is 24.2 Å². The Bertz CT molecular complexity index is 557. The predicted molar refractivity (Wildman–Crippen MR) is 84.2 cm³/mol. The highest BCUT2D eigenvalue weighted by Gasteiger charge is 2.42. The fraction of sp³-hybridized carbons (Fsp3) is 0.529. The maximum Gasteiger partial charge on any atom is 0.307 e. The summed E-state index contributed by atoms with van der Waals surface area (Å²) in [5, 5.41) is 11.9. The topological polar surface area (TPSA) is 84.9 Å². The highest BCUT2D eigenvalue weighted by Crippen LogP contribution is 2.35. The Hall–Kier alpha value is -2.08. The predicted octanol–water partition coefficient (Wildman–Crippen LogP) is 2.00. The first-order valence-electron chi connectivity index (χ1n) is 7.67. The smallest absolute Gasteiger partial charge is 0.307 e. The number of ether oxygens (including phenoxy) is 2. The van der Waals surface area contributed by atoms with Crippen LogP contribution in [0.3, 0.4) is 0 Å². The van der Waals surface area contributed by atoms with Crippen molar-refractivity contribution in [1.29, 1.82) is 0 Å². The summed E-state index contributed by atoms with van der Waals surface area (Å²) in [7, 11) is 3.18. The number of nitrogens with one attached hydrogen (secondary N) is 1. The first kappa shape index (κ1) is 17.3. The van der Waals surface area contributed by atoms with Crippen molar-refractivity contribution >= 4 is 11.9 Å². The van der Waals surface area contributed by atoms with Crippen molar-refractivity contribution in [3.8, 4) is 5.75 Å². The van der Waals surface area contributed by atoms with Gasteiger partial charge in [0.1, 0.15) is 11.9 Å². The minimum atomic E-state index is -0.900. The fourth-order valence-electron chi connectivity index (χ4n) is 2.94. The summed E-state index contributed by atoms with van der Waals surface area (Å²) >= 11 is 0. The maximum absolute atomic E-state index is 12.3. The highest BCUT2D eigenvalue weighted by atomic mass is 16.5. The third-order valence-electron chi connectivity index (χ3n) is 4.45. The van der Waals surface area contributed by atoms with Crippen LogP contribution in [0.1, 0.15) is 31.4 Å². The second-order valence-corrected chi connectivity index (χ2v) is 5.86. The van der Waals surface area contributed by atoms with Crippen LogP contribution in [0.15, 0.2) is 24.3 Å². The van der Waals surface area contributed by atoms with Gasteiger partial charge in [-0.2, -0.15) is 0 Å². The lowest BCUT2D eigenvalue weighted by Crippen LogP contribution is -2.48. The lowest BCUT2D eigenvalue weighted by molar-refractivity contribution is -0.153. The molecule has 1 aromatic carbocycles. The lowest BCUT2D eigenvalue weighted by atomic mass is 9.73. The molecule has 0 bridgehead atoms. The molecule has 1 fully saturated rings. The molecule has 4 unspecified atom stereocenters. The molecule has 0 heterocycles. The van der Waals surface area contributed by atoms with Crippen LogP contribution >= 0.6 is 0 Å². The second kappa shape index (κ2) is 7.46. The molecule has 0 aromatic heterocycles. The number of rotatable bonds is 7. The van der Waals surface area contributed by atoms with Crippen LogP contribution in [0, 0.1) is 11.8 Å². The van der Waals surface area contributed by atoms with Gasteiger partial charge >= 0.3 is 5.97 Å². The minimum Gasteiger partial charge on any atom is -0.497 e. The number of hydrogen-bond donors (Lipinski definition) is 2.